The van der Waals surface area contributed by atoms with Crippen LogP contribution in [0.15, 0.2) is 30.3 Å². The minimum atomic E-state index is -1.32. The summed E-state index contributed by atoms with van der Waals surface area (Å²) < 4.78 is 0. The van der Waals surface area contributed by atoms with E-state index in [0.29, 0.717) is 0 Å². The molecule has 0 heterocycles. The van der Waals surface area contributed by atoms with Crippen molar-refractivity contribution in [1.82, 2.24) is 0 Å². The topological polar surface area (TPSA) is 77.4 Å². The number of hydrogen-bond donors (Lipinski definition) is 1. The quantitative estimate of drug-likeness (QED) is 0.535. The Hall–Kier alpha value is 0.160. The maximum atomic E-state index is 11.1. The fraction of sp³-hybridized carbons (Fsp3) is 0.429. The van der Waals surface area contributed by atoms with Gasteiger partial charge in [-0.1, -0.05) is 44.2 Å². The molecular formula is C14H17Na2O4+. The third kappa shape index (κ3) is 6.74. The molecule has 0 fully saturated rings. The van der Waals surface area contributed by atoms with Crippen LogP contribution in [0.25, 0.3) is 0 Å². The van der Waals surface area contributed by atoms with Gasteiger partial charge < -0.3 is 15.0 Å². The van der Waals surface area contributed by atoms with E-state index < -0.39 is 23.8 Å². The summed E-state index contributed by atoms with van der Waals surface area (Å²) in [6.45, 7) is 3.28. The smallest absolute Gasteiger partial charge is 0.550 e. The molecule has 98 valence electrons. The van der Waals surface area contributed by atoms with E-state index in [0.717, 1.165) is 5.56 Å². The molecule has 6 heteroatoms. The molecule has 0 saturated carbocycles. The number of rotatable bonds is 6. The summed E-state index contributed by atoms with van der Waals surface area (Å²) >= 11 is 0. The summed E-state index contributed by atoms with van der Waals surface area (Å²) in [4.78, 5) is 21.9. The zero-order chi connectivity index (χ0) is 13.7. The molecule has 3 unspecified atom stereocenters. The second-order valence-corrected chi connectivity index (χ2v) is 4.60. The SMILES string of the molecule is CC(CC(C(=O)O)C(C)C(=O)[O-])c1ccccc1.[Na+].[Na+]. The molecule has 0 aliphatic rings. The number of benzene rings is 1. The fourth-order valence-electron chi connectivity index (χ4n) is 1.98. The predicted molar refractivity (Wildman–Crippen MR) is 64.8 cm³/mol. The van der Waals surface area contributed by atoms with Crippen LogP contribution in [-0.4, -0.2) is 17.0 Å². The molecule has 0 aromatic heterocycles. The summed E-state index contributed by atoms with van der Waals surface area (Å²) in [5.41, 5.74) is 1.01. The van der Waals surface area contributed by atoms with E-state index in [1.54, 1.807) is 0 Å². The molecular weight excluding hydrogens is 278 g/mol. The van der Waals surface area contributed by atoms with E-state index >= 15 is 0 Å². The number of carbonyl (C=O) groups is 2. The molecule has 0 aliphatic heterocycles. The van der Waals surface area contributed by atoms with Crippen LogP contribution in [0, 0.1) is 11.8 Å². The zero-order valence-electron chi connectivity index (χ0n) is 12.5. The standard InChI is InChI=1S/C14H18O4.2Na/c1-9(11-6-4-3-5-7-11)8-12(14(17)18)10(2)13(15)16;;/h3-7,9-10,12H,8H2,1-2H3,(H,15,16)(H,17,18);;/q;2*+1/p-1. The molecule has 0 radical (unpaired) electrons. The van der Waals surface area contributed by atoms with Gasteiger partial charge in [-0.3, -0.25) is 4.79 Å². The van der Waals surface area contributed by atoms with Crippen molar-refractivity contribution in [2.24, 2.45) is 11.8 Å². The minimum Gasteiger partial charge on any atom is -0.550 e. The molecule has 0 spiro atoms. The molecule has 4 nitrogen and oxygen atoms in total. The average molecular weight is 295 g/mol. The second-order valence-electron chi connectivity index (χ2n) is 4.60. The van der Waals surface area contributed by atoms with Crippen molar-refractivity contribution < 1.29 is 78.9 Å². The van der Waals surface area contributed by atoms with Gasteiger partial charge in [0.25, 0.3) is 0 Å². The van der Waals surface area contributed by atoms with Crippen molar-refractivity contribution in [1.29, 1.82) is 0 Å². The van der Waals surface area contributed by atoms with Crippen LogP contribution in [0.3, 0.4) is 0 Å². The monoisotopic (exact) mass is 295 g/mol. The first-order valence-corrected chi connectivity index (χ1v) is 5.92. The Morgan fingerprint density at radius 2 is 1.65 bits per heavy atom. The summed E-state index contributed by atoms with van der Waals surface area (Å²) in [5, 5.41) is 19.9. The van der Waals surface area contributed by atoms with Gasteiger partial charge in [-0.15, -0.1) is 0 Å². The Morgan fingerprint density at radius 3 is 2.05 bits per heavy atom. The molecule has 0 amide bonds. The van der Waals surface area contributed by atoms with Crippen LogP contribution in [0.5, 0.6) is 0 Å². The van der Waals surface area contributed by atoms with Crippen LogP contribution >= 0.6 is 0 Å². The van der Waals surface area contributed by atoms with E-state index in [9.17, 15) is 14.7 Å². The number of hydrogen-bond acceptors (Lipinski definition) is 3. The van der Waals surface area contributed by atoms with E-state index in [1.807, 2.05) is 37.3 Å². The predicted octanol–water partition coefficient (Wildman–Crippen LogP) is -4.72. The van der Waals surface area contributed by atoms with Crippen molar-refractivity contribution in [3.8, 4) is 0 Å². The van der Waals surface area contributed by atoms with Gasteiger partial charge in [0.1, 0.15) is 0 Å². The number of carboxylic acid groups (broad SMARTS) is 2. The van der Waals surface area contributed by atoms with E-state index in [4.69, 9.17) is 5.11 Å². The van der Waals surface area contributed by atoms with Crippen molar-refractivity contribution in [3.63, 3.8) is 0 Å². The van der Waals surface area contributed by atoms with E-state index in [-0.39, 0.29) is 71.5 Å². The molecule has 0 aliphatic carbocycles. The van der Waals surface area contributed by atoms with Crippen LogP contribution in [-0.2, 0) is 9.59 Å². The van der Waals surface area contributed by atoms with Crippen molar-refractivity contribution in [3.05, 3.63) is 35.9 Å². The number of carboxylic acids is 2. The molecule has 1 aromatic rings. The second kappa shape index (κ2) is 10.8. The average Bonchev–Trinajstić information content (AvgIpc) is 2.35. The third-order valence-electron chi connectivity index (χ3n) is 3.27. The van der Waals surface area contributed by atoms with Crippen LogP contribution in [0.1, 0.15) is 31.7 Å². The van der Waals surface area contributed by atoms with Gasteiger partial charge >= 0.3 is 65.1 Å². The molecule has 0 saturated heterocycles. The Bertz CT molecular complexity index is 422. The third-order valence-corrected chi connectivity index (χ3v) is 3.27. The van der Waals surface area contributed by atoms with Gasteiger partial charge in [-0.2, -0.15) is 0 Å². The Balaban J connectivity index is 0. The largest absolute Gasteiger partial charge is 1.00 e. The Morgan fingerprint density at radius 1 is 1.15 bits per heavy atom. The van der Waals surface area contributed by atoms with Gasteiger partial charge in [0.15, 0.2) is 0 Å². The molecule has 0 bridgehead atoms. The van der Waals surface area contributed by atoms with Crippen molar-refractivity contribution in [2.45, 2.75) is 26.2 Å². The van der Waals surface area contributed by atoms with Gasteiger partial charge in [-0.25, -0.2) is 0 Å². The normalized spacial score (nSPS) is 14.1. The molecule has 1 N–H and O–H groups in total. The molecule has 1 rings (SSSR count). The first kappa shape index (κ1) is 22.4. The zero-order valence-corrected chi connectivity index (χ0v) is 16.5. The van der Waals surface area contributed by atoms with Crippen LogP contribution in [0.4, 0.5) is 0 Å². The van der Waals surface area contributed by atoms with Gasteiger partial charge in [0.2, 0.25) is 0 Å². The van der Waals surface area contributed by atoms with Gasteiger partial charge in [-0.05, 0) is 17.9 Å². The maximum absolute atomic E-state index is 11.1. The summed E-state index contributed by atoms with van der Waals surface area (Å²) in [7, 11) is 0. The Kier molecular flexibility index (Phi) is 12.1. The minimum absolute atomic E-state index is 0. The number of aliphatic carboxylic acids is 2. The maximum Gasteiger partial charge on any atom is 1.00 e. The van der Waals surface area contributed by atoms with Gasteiger partial charge in [0.05, 0.1) is 5.92 Å². The van der Waals surface area contributed by atoms with Crippen molar-refractivity contribution >= 4 is 11.9 Å². The molecule has 3 atom stereocenters. The van der Waals surface area contributed by atoms with Crippen LogP contribution < -0.4 is 64.2 Å². The number of carbonyl (C=O) groups excluding carboxylic acids is 1. The first-order chi connectivity index (χ1) is 8.43. The molecule has 1 aromatic carbocycles. The van der Waals surface area contributed by atoms with E-state index in [1.165, 1.54) is 6.92 Å². The summed E-state index contributed by atoms with van der Waals surface area (Å²) in [5.74, 6) is -4.33. The van der Waals surface area contributed by atoms with E-state index in [2.05, 4.69) is 0 Å². The van der Waals surface area contributed by atoms with Crippen LogP contribution in [0.2, 0.25) is 0 Å². The van der Waals surface area contributed by atoms with Crippen molar-refractivity contribution in [2.75, 3.05) is 0 Å². The molecule has 20 heavy (non-hydrogen) atoms. The first-order valence-electron chi connectivity index (χ1n) is 5.92. The summed E-state index contributed by atoms with van der Waals surface area (Å²) in [6.07, 6.45) is 0.286. The van der Waals surface area contributed by atoms with Gasteiger partial charge in [0, 0.05) is 11.9 Å². The Labute approximate surface area is 163 Å². The fourth-order valence-corrected chi connectivity index (χ4v) is 1.98. The summed E-state index contributed by atoms with van der Waals surface area (Å²) in [6, 6.07) is 9.46.